The third-order valence-corrected chi connectivity index (χ3v) is 8.02. The van der Waals surface area contributed by atoms with Gasteiger partial charge in [0.15, 0.2) is 15.0 Å². The lowest BCUT2D eigenvalue weighted by atomic mass is 10.2. The van der Waals surface area contributed by atoms with Crippen molar-refractivity contribution in [3.8, 4) is 6.07 Å². The summed E-state index contributed by atoms with van der Waals surface area (Å²) in [5.41, 5.74) is 0.976. The number of furan rings is 1. The Morgan fingerprint density at radius 2 is 1.97 bits per heavy atom. The molecule has 9 nitrogen and oxygen atoms in total. The molecule has 1 amide bonds. The summed E-state index contributed by atoms with van der Waals surface area (Å²) in [5.74, 6) is 0.315. The summed E-state index contributed by atoms with van der Waals surface area (Å²) in [6.45, 7) is 5.32. The topological polar surface area (TPSA) is 131 Å². The molecule has 3 rings (SSSR count). The van der Waals surface area contributed by atoms with Crippen LogP contribution in [0.15, 0.2) is 44.8 Å². The van der Waals surface area contributed by atoms with Gasteiger partial charge < -0.3 is 8.98 Å². The number of hydrogen-bond donors (Lipinski definition) is 1. The predicted octanol–water partition coefficient (Wildman–Crippen LogP) is 3.38. The number of sulfone groups is 1. The fraction of sp³-hybridized carbons (Fsp3) is 0.333. The van der Waals surface area contributed by atoms with Gasteiger partial charge in [-0.05, 0) is 32.4 Å². The standard InChI is InChI=1S/C21H23N5O4S2/c1-5-17(19(27)23-20-16(11-22)13(2)14(3)30-20)31-21-25-24-18(26(21)4)12-32(28,29)15-9-7-6-8-10-15/h6-10,17H,5,12H2,1-4H3,(H,23,27). The molecule has 0 fully saturated rings. The summed E-state index contributed by atoms with van der Waals surface area (Å²) in [5, 5.41) is 20.0. The van der Waals surface area contributed by atoms with E-state index in [2.05, 4.69) is 15.5 Å². The van der Waals surface area contributed by atoms with Crippen LogP contribution in [0.3, 0.4) is 0 Å². The molecular formula is C21H23N5O4S2. The van der Waals surface area contributed by atoms with Crippen molar-refractivity contribution in [2.45, 2.75) is 48.2 Å². The molecule has 0 radical (unpaired) electrons. The van der Waals surface area contributed by atoms with E-state index in [-0.39, 0.29) is 28.3 Å². The molecule has 2 heterocycles. The maximum absolute atomic E-state index is 12.8. The maximum Gasteiger partial charge on any atom is 0.240 e. The van der Waals surface area contributed by atoms with Crippen molar-refractivity contribution in [3.63, 3.8) is 0 Å². The van der Waals surface area contributed by atoms with Gasteiger partial charge in [0, 0.05) is 12.6 Å². The van der Waals surface area contributed by atoms with E-state index < -0.39 is 15.1 Å². The number of rotatable bonds is 8. The fourth-order valence-corrected chi connectivity index (χ4v) is 5.21. The van der Waals surface area contributed by atoms with Gasteiger partial charge in [-0.25, -0.2) is 8.42 Å². The van der Waals surface area contributed by atoms with E-state index in [0.29, 0.717) is 28.5 Å². The number of carbonyl (C=O) groups excluding carboxylic acids is 1. The van der Waals surface area contributed by atoms with Gasteiger partial charge in [-0.2, -0.15) is 5.26 Å². The predicted molar refractivity (Wildman–Crippen MR) is 120 cm³/mol. The number of aromatic nitrogens is 3. The first kappa shape index (κ1) is 23.6. The minimum Gasteiger partial charge on any atom is -0.444 e. The lowest BCUT2D eigenvalue weighted by Gasteiger charge is -2.13. The van der Waals surface area contributed by atoms with Crippen molar-refractivity contribution < 1.29 is 17.6 Å². The van der Waals surface area contributed by atoms with Gasteiger partial charge in [0.25, 0.3) is 0 Å². The van der Waals surface area contributed by atoms with E-state index in [1.54, 1.807) is 43.7 Å². The van der Waals surface area contributed by atoms with Crippen LogP contribution in [-0.2, 0) is 27.4 Å². The van der Waals surface area contributed by atoms with Gasteiger partial charge in [0.1, 0.15) is 29.0 Å². The number of amides is 1. The molecule has 0 spiro atoms. The Labute approximate surface area is 190 Å². The van der Waals surface area contributed by atoms with Gasteiger partial charge in [-0.15, -0.1) is 10.2 Å². The van der Waals surface area contributed by atoms with Crippen LogP contribution in [0.25, 0.3) is 0 Å². The summed E-state index contributed by atoms with van der Waals surface area (Å²) >= 11 is 1.17. The molecule has 1 aromatic carbocycles. The highest BCUT2D eigenvalue weighted by Crippen LogP contribution is 2.29. The normalized spacial score (nSPS) is 12.3. The summed E-state index contributed by atoms with van der Waals surface area (Å²) in [4.78, 5) is 13.0. The lowest BCUT2D eigenvalue weighted by Crippen LogP contribution is -2.25. The molecule has 3 aromatic rings. The highest BCUT2D eigenvalue weighted by molar-refractivity contribution is 8.00. The van der Waals surface area contributed by atoms with Crippen LogP contribution in [0, 0.1) is 25.2 Å². The monoisotopic (exact) mass is 473 g/mol. The minimum absolute atomic E-state index is 0.124. The highest BCUT2D eigenvalue weighted by atomic mass is 32.2. The number of hydrogen-bond acceptors (Lipinski definition) is 8. The molecule has 0 aliphatic heterocycles. The highest BCUT2D eigenvalue weighted by Gasteiger charge is 2.26. The number of carbonyl (C=O) groups is 1. The molecule has 1 N–H and O–H groups in total. The second-order valence-electron chi connectivity index (χ2n) is 7.13. The third-order valence-electron chi connectivity index (χ3n) is 4.99. The molecule has 0 saturated heterocycles. The van der Waals surface area contributed by atoms with Crippen molar-refractivity contribution in [1.29, 1.82) is 5.26 Å². The molecule has 1 atom stereocenters. The Bertz CT molecular complexity index is 1270. The SMILES string of the molecule is CCC(Sc1nnc(CS(=O)(=O)c2ccccc2)n1C)C(=O)Nc1oc(C)c(C)c1C#N. The molecule has 32 heavy (non-hydrogen) atoms. The van der Waals surface area contributed by atoms with Gasteiger partial charge in [-0.3, -0.25) is 10.1 Å². The van der Waals surface area contributed by atoms with Crippen molar-refractivity contribution >= 4 is 33.4 Å². The molecule has 0 aliphatic carbocycles. The summed E-state index contributed by atoms with van der Waals surface area (Å²) in [6.07, 6.45) is 0.474. The van der Waals surface area contributed by atoms with E-state index >= 15 is 0 Å². The first-order valence-corrected chi connectivity index (χ1v) is 12.3. The number of nitrogens with zero attached hydrogens (tertiary/aromatic N) is 4. The van der Waals surface area contributed by atoms with Gasteiger partial charge in [0.05, 0.1) is 10.1 Å². The second-order valence-corrected chi connectivity index (χ2v) is 10.3. The van der Waals surface area contributed by atoms with Crippen molar-refractivity contribution in [2.24, 2.45) is 7.05 Å². The number of benzene rings is 1. The molecule has 0 bridgehead atoms. The minimum atomic E-state index is -3.58. The Balaban J connectivity index is 1.75. The van der Waals surface area contributed by atoms with Crippen LogP contribution in [0.1, 0.15) is 36.1 Å². The second kappa shape index (κ2) is 9.58. The zero-order valence-corrected chi connectivity index (χ0v) is 19.7. The van der Waals surface area contributed by atoms with Crippen LogP contribution in [0.5, 0.6) is 0 Å². The molecule has 2 aromatic heterocycles. The number of nitriles is 1. The molecular weight excluding hydrogens is 450 g/mol. The van der Waals surface area contributed by atoms with E-state index in [1.807, 2.05) is 13.0 Å². The van der Waals surface area contributed by atoms with E-state index in [4.69, 9.17) is 4.42 Å². The Kier molecular flexibility index (Phi) is 7.06. The average Bonchev–Trinajstić information content (AvgIpc) is 3.24. The lowest BCUT2D eigenvalue weighted by molar-refractivity contribution is -0.115. The largest absolute Gasteiger partial charge is 0.444 e. The zero-order chi connectivity index (χ0) is 23.5. The van der Waals surface area contributed by atoms with E-state index in [1.165, 1.54) is 23.9 Å². The molecule has 1 unspecified atom stereocenters. The van der Waals surface area contributed by atoms with Crippen LogP contribution >= 0.6 is 11.8 Å². The molecule has 0 saturated carbocycles. The quantitative estimate of drug-likeness (QED) is 0.493. The van der Waals surface area contributed by atoms with Crippen molar-refractivity contribution in [2.75, 3.05) is 5.32 Å². The van der Waals surface area contributed by atoms with Gasteiger partial charge in [0.2, 0.25) is 11.8 Å². The fourth-order valence-electron chi connectivity index (χ4n) is 2.95. The van der Waals surface area contributed by atoms with Crippen LogP contribution in [-0.4, -0.2) is 34.3 Å². The van der Waals surface area contributed by atoms with Crippen LogP contribution in [0.2, 0.25) is 0 Å². The maximum atomic E-state index is 12.8. The first-order chi connectivity index (χ1) is 15.2. The van der Waals surface area contributed by atoms with Crippen molar-refractivity contribution in [3.05, 3.63) is 53.0 Å². The Hall–Kier alpha value is -3.10. The number of nitrogens with one attached hydrogen (secondary N) is 1. The number of anilines is 1. The molecule has 11 heteroatoms. The third kappa shape index (κ3) is 4.87. The average molecular weight is 474 g/mol. The zero-order valence-electron chi connectivity index (χ0n) is 18.1. The Morgan fingerprint density at radius 1 is 1.28 bits per heavy atom. The summed E-state index contributed by atoms with van der Waals surface area (Å²) < 4.78 is 32.4. The summed E-state index contributed by atoms with van der Waals surface area (Å²) in [7, 11) is -1.92. The van der Waals surface area contributed by atoms with Crippen LogP contribution < -0.4 is 5.32 Å². The van der Waals surface area contributed by atoms with Crippen molar-refractivity contribution in [1.82, 2.24) is 14.8 Å². The van der Waals surface area contributed by atoms with E-state index in [0.717, 1.165) is 0 Å². The smallest absolute Gasteiger partial charge is 0.240 e. The van der Waals surface area contributed by atoms with Gasteiger partial charge in [-0.1, -0.05) is 36.9 Å². The molecule has 168 valence electrons. The summed E-state index contributed by atoms with van der Waals surface area (Å²) in [6, 6.07) is 10.2. The first-order valence-electron chi connectivity index (χ1n) is 9.81. The number of thioether (sulfide) groups is 1. The Morgan fingerprint density at radius 3 is 2.59 bits per heavy atom. The van der Waals surface area contributed by atoms with E-state index in [9.17, 15) is 18.5 Å². The number of aryl methyl sites for hydroxylation is 1. The molecule has 0 aliphatic rings. The van der Waals surface area contributed by atoms with Gasteiger partial charge >= 0.3 is 0 Å². The van der Waals surface area contributed by atoms with Crippen LogP contribution in [0.4, 0.5) is 5.88 Å².